The molecule has 1 unspecified atom stereocenters. The van der Waals surface area contributed by atoms with Crippen molar-refractivity contribution in [1.29, 1.82) is 0 Å². The highest BCUT2D eigenvalue weighted by Crippen LogP contribution is 2.33. The summed E-state index contributed by atoms with van der Waals surface area (Å²) in [4.78, 5) is 18.5. The Hall–Kier alpha value is -4.44. The predicted molar refractivity (Wildman–Crippen MR) is 150 cm³/mol. The minimum absolute atomic E-state index is 0.00637. The number of benzene rings is 4. The molecule has 4 heteroatoms. The maximum Gasteiger partial charge on any atom is 0.227 e. The van der Waals surface area contributed by atoms with E-state index in [0.717, 1.165) is 51.9 Å². The zero-order valence-corrected chi connectivity index (χ0v) is 20.9. The first-order chi connectivity index (χ1) is 18.2. The van der Waals surface area contributed by atoms with Gasteiger partial charge in [-0.25, -0.2) is 4.98 Å². The van der Waals surface area contributed by atoms with Gasteiger partial charge in [0.2, 0.25) is 5.91 Å². The van der Waals surface area contributed by atoms with Gasteiger partial charge >= 0.3 is 0 Å². The molecule has 0 fully saturated rings. The number of para-hydroxylation sites is 3. The summed E-state index contributed by atoms with van der Waals surface area (Å²) in [5, 5.41) is 4.27. The van der Waals surface area contributed by atoms with E-state index in [0.29, 0.717) is 12.3 Å². The van der Waals surface area contributed by atoms with Crippen LogP contribution in [0.25, 0.3) is 22.2 Å². The van der Waals surface area contributed by atoms with Gasteiger partial charge < -0.3 is 10.1 Å². The number of nitrogens with one attached hydrogen (secondary N) is 1. The number of aromatic nitrogens is 1. The lowest BCUT2D eigenvalue weighted by Crippen LogP contribution is -2.29. The number of ether oxygens (including phenoxy) is 1. The van der Waals surface area contributed by atoms with Gasteiger partial charge in [-0.2, -0.15) is 0 Å². The Morgan fingerprint density at radius 1 is 0.838 bits per heavy atom. The topological polar surface area (TPSA) is 51.2 Å². The fourth-order valence-electron chi connectivity index (χ4n) is 4.65. The summed E-state index contributed by atoms with van der Waals surface area (Å²) in [7, 11) is 0. The molecule has 5 aromatic rings. The predicted octanol–water partition coefficient (Wildman–Crippen LogP) is 7.89. The van der Waals surface area contributed by atoms with E-state index in [9.17, 15) is 4.79 Å². The summed E-state index contributed by atoms with van der Waals surface area (Å²) in [5.41, 5.74) is 4.81. The normalized spacial score (nSPS) is 11.7. The number of rotatable bonds is 9. The van der Waals surface area contributed by atoms with Crippen LogP contribution in [-0.2, 0) is 11.3 Å². The molecule has 37 heavy (non-hydrogen) atoms. The SMILES string of the molecule is CCCC(C(=O)NCc1cc(-c2ccccc2)nc2ccccc12)c1ccccc1Oc1ccccc1. The van der Waals surface area contributed by atoms with Crippen molar-refractivity contribution in [2.24, 2.45) is 0 Å². The first kappa shape index (κ1) is 24.3. The molecule has 5 rings (SSSR count). The molecule has 1 atom stereocenters. The van der Waals surface area contributed by atoms with Crippen molar-refractivity contribution in [3.63, 3.8) is 0 Å². The van der Waals surface area contributed by atoms with Gasteiger partial charge in [-0.05, 0) is 42.3 Å². The smallest absolute Gasteiger partial charge is 0.227 e. The van der Waals surface area contributed by atoms with Crippen molar-refractivity contribution >= 4 is 16.8 Å². The van der Waals surface area contributed by atoms with E-state index >= 15 is 0 Å². The molecular formula is C33H30N2O2. The van der Waals surface area contributed by atoms with Crippen molar-refractivity contribution < 1.29 is 9.53 Å². The third kappa shape index (κ3) is 5.70. The van der Waals surface area contributed by atoms with Crippen LogP contribution in [0.15, 0.2) is 115 Å². The Morgan fingerprint density at radius 2 is 1.51 bits per heavy atom. The number of hydrogen-bond donors (Lipinski definition) is 1. The van der Waals surface area contributed by atoms with Gasteiger partial charge in [0, 0.05) is 23.1 Å². The van der Waals surface area contributed by atoms with Crippen LogP contribution in [0.3, 0.4) is 0 Å². The zero-order valence-electron chi connectivity index (χ0n) is 20.9. The molecule has 0 aliphatic rings. The van der Waals surface area contributed by atoms with Gasteiger partial charge in [-0.15, -0.1) is 0 Å². The summed E-state index contributed by atoms with van der Waals surface area (Å²) in [6.07, 6.45) is 1.61. The Balaban J connectivity index is 1.42. The van der Waals surface area contributed by atoms with E-state index in [1.807, 2.05) is 91.0 Å². The number of carbonyl (C=O) groups is 1. The molecule has 0 bridgehead atoms. The molecule has 0 aliphatic heterocycles. The van der Waals surface area contributed by atoms with Crippen molar-refractivity contribution in [2.75, 3.05) is 0 Å². The molecule has 0 saturated heterocycles. The van der Waals surface area contributed by atoms with E-state index in [1.165, 1.54) is 0 Å². The molecule has 0 radical (unpaired) electrons. The number of nitrogens with zero attached hydrogens (tertiary/aromatic N) is 1. The standard InChI is InChI=1S/C33H30N2O2/c1-2-13-29(28-19-10-12-21-32(28)37-26-16-7-4-8-17-26)33(36)34-23-25-22-31(24-14-5-3-6-15-24)35-30-20-11-9-18-27(25)30/h3-12,14-22,29H,2,13,23H2,1H3,(H,34,36). The Kier molecular flexibility index (Phi) is 7.56. The molecule has 1 amide bonds. The van der Waals surface area contributed by atoms with Crippen LogP contribution in [0, 0.1) is 0 Å². The molecular weight excluding hydrogens is 456 g/mol. The van der Waals surface area contributed by atoms with E-state index < -0.39 is 0 Å². The van der Waals surface area contributed by atoms with Crippen LogP contribution >= 0.6 is 0 Å². The van der Waals surface area contributed by atoms with Gasteiger partial charge in [-0.3, -0.25) is 4.79 Å². The first-order valence-corrected chi connectivity index (χ1v) is 12.8. The minimum atomic E-state index is -0.313. The summed E-state index contributed by atoms with van der Waals surface area (Å²) in [5.74, 6) is 1.14. The van der Waals surface area contributed by atoms with Gasteiger partial charge in [0.15, 0.2) is 0 Å². The summed E-state index contributed by atoms with van der Waals surface area (Å²) < 4.78 is 6.18. The van der Waals surface area contributed by atoms with Crippen molar-refractivity contribution in [3.8, 4) is 22.8 Å². The number of amides is 1. The lowest BCUT2D eigenvalue weighted by Gasteiger charge is -2.20. The lowest BCUT2D eigenvalue weighted by atomic mass is 9.92. The average Bonchev–Trinajstić information content (AvgIpc) is 2.96. The van der Waals surface area contributed by atoms with Crippen molar-refractivity contribution in [1.82, 2.24) is 10.3 Å². The Labute approximate surface area is 218 Å². The highest BCUT2D eigenvalue weighted by atomic mass is 16.5. The summed E-state index contributed by atoms with van der Waals surface area (Å²) in [6.45, 7) is 2.52. The van der Waals surface area contributed by atoms with Gasteiger partial charge in [0.05, 0.1) is 17.1 Å². The third-order valence-electron chi connectivity index (χ3n) is 6.48. The van der Waals surface area contributed by atoms with E-state index in [1.54, 1.807) is 0 Å². The highest BCUT2D eigenvalue weighted by molar-refractivity contribution is 5.87. The van der Waals surface area contributed by atoms with Crippen molar-refractivity contribution in [3.05, 3.63) is 126 Å². The molecule has 0 saturated carbocycles. The zero-order chi connectivity index (χ0) is 25.5. The maximum absolute atomic E-state index is 13.6. The summed E-state index contributed by atoms with van der Waals surface area (Å²) in [6, 6.07) is 37.8. The highest BCUT2D eigenvalue weighted by Gasteiger charge is 2.23. The van der Waals surface area contributed by atoms with E-state index in [2.05, 4.69) is 36.5 Å². The molecule has 1 N–H and O–H groups in total. The Morgan fingerprint density at radius 3 is 2.30 bits per heavy atom. The average molecular weight is 487 g/mol. The van der Waals surface area contributed by atoms with Crippen molar-refractivity contribution in [2.45, 2.75) is 32.2 Å². The van der Waals surface area contributed by atoms with Crippen LogP contribution in [0.4, 0.5) is 0 Å². The molecule has 1 aromatic heterocycles. The molecule has 184 valence electrons. The number of hydrogen-bond acceptors (Lipinski definition) is 3. The quantitative estimate of drug-likeness (QED) is 0.230. The molecule has 1 heterocycles. The minimum Gasteiger partial charge on any atom is -0.457 e. The van der Waals surface area contributed by atoms with Gasteiger partial charge in [0.25, 0.3) is 0 Å². The van der Waals surface area contributed by atoms with Crippen LogP contribution in [0.2, 0.25) is 0 Å². The molecule has 0 aliphatic carbocycles. The molecule has 0 spiro atoms. The van der Waals surface area contributed by atoms with Gasteiger partial charge in [0.1, 0.15) is 11.5 Å². The molecule has 4 nitrogen and oxygen atoms in total. The second kappa shape index (κ2) is 11.5. The fourth-order valence-corrected chi connectivity index (χ4v) is 4.65. The Bertz CT molecular complexity index is 1480. The van der Waals surface area contributed by atoms with Crippen LogP contribution in [0.1, 0.15) is 36.8 Å². The third-order valence-corrected chi connectivity index (χ3v) is 6.48. The number of fused-ring (bicyclic) bond motifs is 1. The summed E-state index contributed by atoms with van der Waals surface area (Å²) >= 11 is 0. The molecule has 4 aromatic carbocycles. The number of carbonyl (C=O) groups excluding carboxylic acids is 1. The first-order valence-electron chi connectivity index (χ1n) is 12.8. The van der Waals surface area contributed by atoms with Crippen LogP contribution in [-0.4, -0.2) is 10.9 Å². The lowest BCUT2D eigenvalue weighted by molar-refractivity contribution is -0.122. The van der Waals surface area contributed by atoms with Crippen LogP contribution in [0.5, 0.6) is 11.5 Å². The largest absolute Gasteiger partial charge is 0.457 e. The maximum atomic E-state index is 13.6. The van der Waals surface area contributed by atoms with Crippen LogP contribution < -0.4 is 10.1 Å². The monoisotopic (exact) mass is 486 g/mol. The van der Waals surface area contributed by atoms with E-state index in [-0.39, 0.29) is 11.8 Å². The number of pyridine rings is 1. The van der Waals surface area contributed by atoms with E-state index in [4.69, 9.17) is 9.72 Å². The van der Waals surface area contributed by atoms with Gasteiger partial charge in [-0.1, -0.05) is 98.3 Å². The second-order valence-electron chi connectivity index (χ2n) is 9.06. The fraction of sp³-hybridized carbons (Fsp3) is 0.152. The second-order valence-corrected chi connectivity index (χ2v) is 9.06.